The smallest absolute Gasteiger partial charge is 0.320 e. The van der Waals surface area contributed by atoms with Gasteiger partial charge in [0.25, 0.3) is 10.0 Å². The Bertz CT molecular complexity index is 1210. The highest BCUT2D eigenvalue weighted by molar-refractivity contribution is 7.92. The second kappa shape index (κ2) is 11.5. The van der Waals surface area contributed by atoms with Crippen molar-refractivity contribution < 1.29 is 22.0 Å². The van der Waals surface area contributed by atoms with Crippen LogP contribution in [0.1, 0.15) is 32.1 Å². The van der Waals surface area contributed by atoms with Crippen LogP contribution in [0.4, 0.5) is 19.3 Å². The fraction of sp³-hybridized carbons (Fsp3) is 0.500. The van der Waals surface area contributed by atoms with Gasteiger partial charge in [-0.2, -0.15) is 0 Å². The lowest BCUT2D eigenvalue weighted by Crippen LogP contribution is -2.58. The first kappa shape index (κ1) is 27.6. The number of rotatable bonds is 6. The Morgan fingerprint density at radius 3 is 2.46 bits per heavy atom. The van der Waals surface area contributed by atoms with Gasteiger partial charge in [0.1, 0.15) is 11.6 Å². The van der Waals surface area contributed by atoms with E-state index in [0.29, 0.717) is 31.0 Å². The molecule has 0 N–H and O–H groups in total. The van der Waals surface area contributed by atoms with E-state index in [4.69, 9.17) is 11.6 Å². The Balaban J connectivity index is 1.67. The number of likely N-dealkylation sites (N-methyl/N-ethyl adjacent to an activating group) is 1. The average Bonchev–Trinajstić information content (AvgIpc) is 2.86. The minimum absolute atomic E-state index is 0.0752. The maximum Gasteiger partial charge on any atom is 0.320 e. The van der Waals surface area contributed by atoms with E-state index in [0.717, 1.165) is 48.3 Å². The van der Waals surface area contributed by atoms with Gasteiger partial charge >= 0.3 is 6.03 Å². The molecule has 2 saturated heterocycles. The van der Waals surface area contributed by atoms with E-state index in [2.05, 4.69) is 4.90 Å². The normalized spacial score (nSPS) is 20.8. The number of anilines is 1. The summed E-state index contributed by atoms with van der Waals surface area (Å²) < 4.78 is 57.9. The monoisotopic (exact) mass is 554 g/mol. The van der Waals surface area contributed by atoms with E-state index < -0.39 is 27.7 Å². The van der Waals surface area contributed by atoms with Crippen molar-refractivity contribution in [2.45, 2.75) is 49.1 Å². The molecule has 11 heteroatoms. The summed E-state index contributed by atoms with van der Waals surface area (Å²) in [5.41, 5.74) is -0.377. The van der Waals surface area contributed by atoms with Gasteiger partial charge in [0.05, 0.1) is 16.6 Å². The number of sulfonamides is 1. The number of carbonyl (C=O) groups excluding carboxylic acids is 1. The molecule has 1 unspecified atom stereocenters. The standard InChI is InChI=1S/C26H33ClF2N4O3S/c1-30(2)17-21-6-3-4-15-32(21)26(34)31-14-5-7-22(18-31)33(25-16-20(28)10-13-24(25)29)37(35,36)23-11-8-19(27)9-12-23/h8-13,16,21-22H,3-7,14-15,17-18H2,1-2H3/t21?,22-/m0/s1. The van der Waals surface area contributed by atoms with Crippen LogP contribution in [0, 0.1) is 11.6 Å². The Morgan fingerprint density at radius 1 is 1.03 bits per heavy atom. The molecule has 0 aliphatic carbocycles. The molecule has 7 nitrogen and oxygen atoms in total. The van der Waals surface area contributed by atoms with Crippen molar-refractivity contribution in [1.82, 2.24) is 14.7 Å². The third kappa shape index (κ3) is 6.18. The van der Waals surface area contributed by atoms with Gasteiger partial charge in [0, 0.05) is 43.3 Å². The second-order valence-electron chi connectivity index (χ2n) is 9.98. The lowest BCUT2D eigenvalue weighted by atomic mass is 10.0. The lowest BCUT2D eigenvalue weighted by molar-refractivity contribution is 0.0955. The molecular weight excluding hydrogens is 522 g/mol. The van der Waals surface area contributed by atoms with E-state index >= 15 is 4.39 Å². The van der Waals surface area contributed by atoms with Gasteiger partial charge < -0.3 is 14.7 Å². The summed E-state index contributed by atoms with van der Waals surface area (Å²) >= 11 is 5.95. The van der Waals surface area contributed by atoms with Crippen LogP contribution in [0.15, 0.2) is 47.4 Å². The molecule has 4 rings (SSSR count). The number of hydrogen-bond acceptors (Lipinski definition) is 4. The molecule has 0 bridgehead atoms. The van der Waals surface area contributed by atoms with Crippen molar-refractivity contribution in [2.24, 2.45) is 0 Å². The zero-order chi connectivity index (χ0) is 26.7. The second-order valence-corrected chi connectivity index (χ2v) is 12.2. The van der Waals surface area contributed by atoms with Crippen molar-refractivity contribution in [3.63, 3.8) is 0 Å². The molecule has 0 saturated carbocycles. The molecule has 2 amide bonds. The van der Waals surface area contributed by atoms with Crippen LogP contribution in [-0.4, -0.2) is 81.5 Å². The number of halogens is 3. The summed E-state index contributed by atoms with van der Waals surface area (Å²) in [4.78, 5) is 19.1. The third-order valence-corrected chi connectivity index (χ3v) is 9.10. The number of amides is 2. The highest BCUT2D eigenvalue weighted by Gasteiger charge is 2.39. The number of likely N-dealkylation sites (tertiary alicyclic amines) is 2. The molecule has 202 valence electrons. The summed E-state index contributed by atoms with van der Waals surface area (Å²) in [6.45, 7) is 1.94. The predicted octanol–water partition coefficient (Wildman–Crippen LogP) is 4.81. The zero-order valence-corrected chi connectivity index (χ0v) is 22.7. The first-order chi connectivity index (χ1) is 17.6. The molecule has 2 heterocycles. The topological polar surface area (TPSA) is 64.2 Å². The fourth-order valence-corrected chi connectivity index (χ4v) is 7.06. The Labute approximate surface area is 222 Å². The number of nitrogens with zero attached hydrogens (tertiary/aromatic N) is 4. The van der Waals surface area contributed by atoms with Crippen LogP contribution in [0.2, 0.25) is 5.02 Å². The average molecular weight is 555 g/mol. The highest BCUT2D eigenvalue weighted by atomic mass is 35.5. The SMILES string of the molecule is CN(C)CC1CCCCN1C(=O)N1CCC[C@H](N(c2cc(F)ccc2F)S(=O)(=O)c2ccc(Cl)cc2)C1. The quantitative estimate of drug-likeness (QED) is 0.514. The molecule has 2 fully saturated rings. The first-order valence-electron chi connectivity index (χ1n) is 12.5. The van der Waals surface area contributed by atoms with E-state index in [1.54, 1.807) is 4.90 Å². The molecule has 2 atom stereocenters. The van der Waals surface area contributed by atoms with Crippen LogP contribution in [-0.2, 0) is 10.0 Å². The lowest BCUT2D eigenvalue weighted by Gasteiger charge is -2.44. The Kier molecular flexibility index (Phi) is 8.60. The Morgan fingerprint density at radius 2 is 1.76 bits per heavy atom. The van der Waals surface area contributed by atoms with Crippen molar-refractivity contribution in [3.05, 3.63) is 59.1 Å². The molecule has 0 spiro atoms. The molecule has 2 aliphatic heterocycles. The zero-order valence-electron chi connectivity index (χ0n) is 21.1. The third-order valence-electron chi connectivity index (χ3n) is 6.96. The van der Waals surface area contributed by atoms with Crippen LogP contribution in [0.3, 0.4) is 0 Å². The van der Waals surface area contributed by atoms with Crippen LogP contribution in [0.25, 0.3) is 0 Å². The van der Waals surface area contributed by atoms with Gasteiger partial charge in [-0.3, -0.25) is 4.31 Å². The summed E-state index contributed by atoms with van der Waals surface area (Å²) in [6.07, 6.45) is 3.81. The molecule has 0 aromatic heterocycles. The van der Waals surface area contributed by atoms with Crippen molar-refractivity contribution in [1.29, 1.82) is 0 Å². The molecule has 0 radical (unpaired) electrons. The summed E-state index contributed by atoms with van der Waals surface area (Å²) in [6, 6.07) is 7.48. The number of urea groups is 1. The summed E-state index contributed by atoms with van der Waals surface area (Å²) in [5.74, 6) is -1.61. The number of hydrogen-bond donors (Lipinski definition) is 0. The summed E-state index contributed by atoms with van der Waals surface area (Å²) in [5, 5.41) is 0.352. The summed E-state index contributed by atoms with van der Waals surface area (Å²) in [7, 11) is -0.354. The van der Waals surface area contributed by atoms with Crippen LogP contribution in [0.5, 0.6) is 0 Å². The van der Waals surface area contributed by atoms with Crippen LogP contribution < -0.4 is 4.31 Å². The fourth-order valence-electron chi connectivity index (χ4n) is 5.26. The molecule has 2 aliphatic rings. The number of piperidine rings is 2. The van der Waals surface area contributed by atoms with Gasteiger partial charge in [0.2, 0.25) is 0 Å². The molecule has 2 aromatic carbocycles. The minimum Gasteiger partial charge on any atom is -0.323 e. The maximum atomic E-state index is 15.0. The highest BCUT2D eigenvalue weighted by Crippen LogP contribution is 2.33. The minimum atomic E-state index is -4.30. The van der Waals surface area contributed by atoms with E-state index in [-0.39, 0.29) is 29.2 Å². The molecular formula is C26H33ClF2N4O3S. The number of benzene rings is 2. The van der Waals surface area contributed by atoms with Crippen molar-refractivity contribution in [3.8, 4) is 0 Å². The molecule has 37 heavy (non-hydrogen) atoms. The largest absolute Gasteiger partial charge is 0.323 e. The van der Waals surface area contributed by atoms with E-state index in [9.17, 15) is 17.6 Å². The first-order valence-corrected chi connectivity index (χ1v) is 14.3. The van der Waals surface area contributed by atoms with Crippen LogP contribution >= 0.6 is 11.6 Å². The molecule has 2 aromatic rings. The van der Waals surface area contributed by atoms with Gasteiger partial charge in [-0.15, -0.1) is 0 Å². The van der Waals surface area contributed by atoms with E-state index in [1.807, 2.05) is 19.0 Å². The predicted molar refractivity (Wildman–Crippen MR) is 140 cm³/mol. The maximum absolute atomic E-state index is 15.0. The van der Waals surface area contributed by atoms with Gasteiger partial charge in [0.15, 0.2) is 0 Å². The van der Waals surface area contributed by atoms with Gasteiger partial charge in [-0.05, 0) is 82.6 Å². The van der Waals surface area contributed by atoms with Crippen molar-refractivity contribution in [2.75, 3.05) is 44.6 Å². The van der Waals surface area contributed by atoms with Crippen molar-refractivity contribution >= 4 is 33.3 Å². The number of carbonyl (C=O) groups is 1. The van der Waals surface area contributed by atoms with Gasteiger partial charge in [-0.25, -0.2) is 22.0 Å². The Hall–Kier alpha value is -2.43. The van der Waals surface area contributed by atoms with E-state index in [1.165, 1.54) is 24.3 Å². The van der Waals surface area contributed by atoms with Gasteiger partial charge in [-0.1, -0.05) is 11.6 Å².